The maximum absolute atomic E-state index is 5.80. The summed E-state index contributed by atoms with van der Waals surface area (Å²) in [6, 6.07) is 8.25. The molecule has 1 aromatic carbocycles. The van der Waals surface area contributed by atoms with E-state index in [1.165, 1.54) is 44.6 Å². The van der Waals surface area contributed by atoms with Gasteiger partial charge in [-0.2, -0.15) is 0 Å². The van der Waals surface area contributed by atoms with Gasteiger partial charge in [-0.15, -0.1) is 0 Å². The lowest BCUT2D eigenvalue weighted by Gasteiger charge is -2.20. The molecule has 1 aliphatic rings. The van der Waals surface area contributed by atoms with Gasteiger partial charge in [-0.1, -0.05) is 12.1 Å². The highest BCUT2D eigenvalue weighted by molar-refractivity contribution is 5.40. The third kappa shape index (κ3) is 4.84. The van der Waals surface area contributed by atoms with Crippen LogP contribution in [0.1, 0.15) is 18.4 Å². The second kappa shape index (κ2) is 6.92. The number of hydrogen-bond acceptors (Lipinski definition) is 3. The Kier molecular flexibility index (Phi) is 5.23. The predicted molar refractivity (Wildman–Crippen MR) is 82.3 cm³/mol. The second-order valence-corrected chi connectivity index (χ2v) is 6.03. The largest absolute Gasteiger partial charge is 0.399 e. The number of aryl methyl sites for hydroxylation is 1. The van der Waals surface area contributed by atoms with Crippen molar-refractivity contribution in [3.05, 3.63) is 29.8 Å². The van der Waals surface area contributed by atoms with Gasteiger partial charge in [0.1, 0.15) is 0 Å². The predicted octanol–water partition coefficient (Wildman–Crippen LogP) is 2.08. The van der Waals surface area contributed by atoms with E-state index in [4.69, 9.17) is 5.73 Å². The monoisotopic (exact) mass is 261 g/mol. The molecule has 0 bridgehead atoms. The van der Waals surface area contributed by atoms with E-state index < -0.39 is 0 Å². The molecule has 106 valence electrons. The number of nitrogens with zero attached hydrogens (tertiary/aromatic N) is 2. The van der Waals surface area contributed by atoms with Crippen LogP contribution < -0.4 is 5.73 Å². The van der Waals surface area contributed by atoms with Crippen molar-refractivity contribution in [1.29, 1.82) is 0 Å². The maximum Gasteiger partial charge on any atom is 0.0316 e. The summed E-state index contributed by atoms with van der Waals surface area (Å²) in [7, 11) is 4.47. The van der Waals surface area contributed by atoms with Gasteiger partial charge in [-0.3, -0.25) is 0 Å². The Morgan fingerprint density at radius 2 is 2.26 bits per heavy atom. The van der Waals surface area contributed by atoms with Crippen molar-refractivity contribution in [1.82, 2.24) is 9.80 Å². The molecule has 1 fully saturated rings. The summed E-state index contributed by atoms with van der Waals surface area (Å²) >= 11 is 0. The third-order valence-corrected chi connectivity index (χ3v) is 4.02. The number of nitrogens with two attached hydrogens (primary N) is 1. The van der Waals surface area contributed by atoms with Crippen LogP contribution in [0, 0.1) is 5.92 Å². The van der Waals surface area contributed by atoms with Gasteiger partial charge in [0.2, 0.25) is 0 Å². The van der Waals surface area contributed by atoms with Crippen LogP contribution in [0.3, 0.4) is 0 Å². The molecule has 19 heavy (non-hydrogen) atoms. The minimum Gasteiger partial charge on any atom is -0.399 e. The first-order chi connectivity index (χ1) is 9.13. The molecule has 0 amide bonds. The van der Waals surface area contributed by atoms with Crippen LogP contribution in [0.15, 0.2) is 24.3 Å². The van der Waals surface area contributed by atoms with E-state index in [0.29, 0.717) is 0 Å². The van der Waals surface area contributed by atoms with Crippen LogP contribution in [-0.4, -0.2) is 50.1 Å². The van der Waals surface area contributed by atoms with E-state index in [1.54, 1.807) is 0 Å². The molecule has 0 aliphatic carbocycles. The summed E-state index contributed by atoms with van der Waals surface area (Å²) in [6.45, 7) is 4.94. The lowest BCUT2D eigenvalue weighted by atomic mass is 10.1. The topological polar surface area (TPSA) is 32.5 Å². The van der Waals surface area contributed by atoms with Gasteiger partial charge in [0, 0.05) is 18.8 Å². The summed E-state index contributed by atoms with van der Waals surface area (Å²) in [5, 5.41) is 0. The molecule has 0 aromatic heterocycles. The number of nitrogen functional groups attached to an aromatic ring is 1. The molecular formula is C16H27N3. The second-order valence-electron chi connectivity index (χ2n) is 6.03. The molecule has 1 heterocycles. The highest BCUT2D eigenvalue weighted by Gasteiger charge is 2.20. The van der Waals surface area contributed by atoms with E-state index in [1.807, 2.05) is 12.1 Å². The number of benzene rings is 1. The van der Waals surface area contributed by atoms with Crippen molar-refractivity contribution in [3.63, 3.8) is 0 Å². The minimum atomic E-state index is 0.863. The minimum absolute atomic E-state index is 0.863. The first kappa shape index (κ1) is 14.4. The molecule has 3 heteroatoms. The van der Waals surface area contributed by atoms with Crippen molar-refractivity contribution in [2.45, 2.75) is 19.3 Å². The van der Waals surface area contributed by atoms with Crippen LogP contribution in [0.4, 0.5) is 5.69 Å². The number of likely N-dealkylation sites (tertiary alicyclic amines) is 1. The van der Waals surface area contributed by atoms with Gasteiger partial charge < -0.3 is 15.5 Å². The van der Waals surface area contributed by atoms with Crippen molar-refractivity contribution in [2.24, 2.45) is 5.92 Å². The Bertz CT molecular complexity index is 391. The average Bonchev–Trinajstić information content (AvgIpc) is 2.75. The smallest absolute Gasteiger partial charge is 0.0316 e. The molecule has 1 saturated heterocycles. The van der Waals surface area contributed by atoms with Crippen molar-refractivity contribution < 1.29 is 0 Å². The highest BCUT2D eigenvalue weighted by Crippen LogP contribution is 2.15. The van der Waals surface area contributed by atoms with Crippen LogP contribution in [0.5, 0.6) is 0 Å². The first-order valence-corrected chi connectivity index (χ1v) is 7.35. The lowest BCUT2D eigenvalue weighted by molar-refractivity contribution is 0.271. The van der Waals surface area contributed by atoms with Gasteiger partial charge in [0.15, 0.2) is 0 Å². The Hall–Kier alpha value is -1.06. The maximum atomic E-state index is 5.80. The van der Waals surface area contributed by atoms with Crippen LogP contribution in [0.2, 0.25) is 0 Å². The Morgan fingerprint density at radius 1 is 1.42 bits per heavy atom. The normalized spacial score (nSPS) is 20.3. The van der Waals surface area contributed by atoms with Gasteiger partial charge >= 0.3 is 0 Å². The molecule has 0 radical (unpaired) electrons. The third-order valence-electron chi connectivity index (χ3n) is 4.02. The van der Waals surface area contributed by atoms with Gasteiger partial charge in [-0.25, -0.2) is 0 Å². The number of rotatable bonds is 6. The zero-order valence-corrected chi connectivity index (χ0v) is 12.3. The Morgan fingerprint density at radius 3 is 2.95 bits per heavy atom. The fraction of sp³-hybridized carbons (Fsp3) is 0.625. The summed E-state index contributed by atoms with van der Waals surface area (Å²) in [5.74, 6) is 0.863. The van der Waals surface area contributed by atoms with Crippen molar-refractivity contribution in [2.75, 3.05) is 46.0 Å². The fourth-order valence-corrected chi connectivity index (χ4v) is 3.01. The molecule has 3 nitrogen and oxygen atoms in total. The number of anilines is 1. The van der Waals surface area contributed by atoms with Crippen molar-refractivity contribution >= 4 is 5.69 Å². The molecule has 0 spiro atoms. The van der Waals surface area contributed by atoms with Crippen LogP contribution in [0.25, 0.3) is 0 Å². The molecule has 2 rings (SSSR count). The molecule has 1 aromatic rings. The van der Waals surface area contributed by atoms with Crippen molar-refractivity contribution in [3.8, 4) is 0 Å². The highest BCUT2D eigenvalue weighted by atomic mass is 15.1. The molecule has 1 unspecified atom stereocenters. The standard InChI is InChI=1S/C16H27N3/c1-18(12-15-8-10-19(2)13-15)9-4-6-14-5-3-7-16(17)11-14/h3,5,7,11,15H,4,6,8-10,12-13,17H2,1-2H3. The SMILES string of the molecule is CN(CCCc1cccc(N)c1)CC1CCN(C)C1. The number of hydrogen-bond donors (Lipinski definition) is 1. The van der Waals surface area contributed by atoms with E-state index >= 15 is 0 Å². The van der Waals surface area contributed by atoms with Gasteiger partial charge in [0.25, 0.3) is 0 Å². The molecule has 1 atom stereocenters. The fourth-order valence-electron chi connectivity index (χ4n) is 3.01. The molecular weight excluding hydrogens is 234 g/mol. The van der Waals surface area contributed by atoms with Gasteiger partial charge in [-0.05, 0) is 70.1 Å². The molecule has 1 aliphatic heterocycles. The summed E-state index contributed by atoms with van der Waals surface area (Å²) in [6.07, 6.45) is 3.69. The first-order valence-electron chi connectivity index (χ1n) is 7.35. The molecule has 2 N–H and O–H groups in total. The van der Waals surface area contributed by atoms with Crippen LogP contribution in [-0.2, 0) is 6.42 Å². The van der Waals surface area contributed by atoms with E-state index in [2.05, 4.69) is 36.0 Å². The summed E-state index contributed by atoms with van der Waals surface area (Å²) < 4.78 is 0. The quantitative estimate of drug-likeness (QED) is 0.796. The average molecular weight is 261 g/mol. The zero-order valence-electron chi connectivity index (χ0n) is 12.3. The van der Waals surface area contributed by atoms with Crippen LogP contribution >= 0.6 is 0 Å². The zero-order chi connectivity index (χ0) is 13.7. The molecule has 0 saturated carbocycles. The Balaban J connectivity index is 1.65. The summed E-state index contributed by atoms with van der Waals surface area (Å²) in [4.78, 5) is 4.92. The van der Waals surface area contributed by atoms with E-state index in [9.17, 15) is 0 Å². The Labute approximate surface area is 117 Å². The van der Waals surface area contributed by atoms with E-state index in [0.717, 1.165) is 18.0 Å². The van der Waals surface area contributed by atoms with Gasteiger partial charge in [0.05, 0.1) is 0 Å². The van der Waals surface area contributed by atoms with E-state index in [-0.39, 0.29) is 0 Å². The lowest BCUT2D eigenvalue weighted by Crippen LogP contribution is -2.28. The summed E-state index contributed by atoms with van der Waals surface area (Å²) in [5.41, 5.74) is 8.03.